The van der Waals surface area contributed by atoms with Crippen LogP contribution < -0.4 is 5.32 Å². The molecule has 1 aromatic heterocycles. The van der Waals surface area contributed by atoms with Gasteiger partial charge in [-0.3, -0.25) is 0 Å². The van der Waals surface area contributed by atoms with Crippen LogP contribution in [-0.2, 0) is 17.8 Å². The summed E-state index contributed by atoms with van der Waals surface area (Å²) in [5.74, 6) is 0.854. The molecule has 0 bridgehead atoms. The molecule has 2 aromatic rings. The lowest BCUT2D eigenvalue weighted by Crippen LogP contribution is -2.21. The summed E-state index contributed by atoms with van der Waals surface area (Å²) in [5.41, 5.74) is 0.958. The number of hydrogen-bond acceptors (Lipinski definition) is 4. The van der Waals surface area contributed by atoms with Gasteiger partial charge in [-0.2, -0.15) is 5.10 Å². The Balaban J connectivity index is 2.01. The second kappa shape index (κ2) is 7.59. The molecule has 0 amide bonds. The van der Waals surface area contributed by atoms with Gasteiger partial charge in [-0.05, 0) is 17.7 Å². The standard InChI is InChI=1S/C13H16Cl2N4O/c1-20-5-4-16-7-13-17-9-18-19(13)8-10-2-3-11(14)6-12(10)15/h2-3,6,9,16H,4-5,7-8H2,1H3. The minimum absolute atomic E-state index is 0.567. The first kappa shape index (κ1) is 15.3. The fourth-order valence-corrected chi connectivity index (χ4v) is 2.21. The molecule has 0 unspecified atom stereocenters. The maximum atomic E-state index is 6.17. The number of nitrogens with one attached hydrogen (secondary N) is 1. The molecular weight excluding hydrogens is 299 g/mol. The molecule has 1 N–H and O–H groups in total. The van der Waals surface area contributed by atoms with Crippen LogP contribution in [-0.4, -0.2) is 35.0 Å². The summed E-state index contributed by atoms with van der Waals surface area (Å²) in [6, 6.07) is 5.44. The van der Waals surface area contributed by atoms with Crippen LogP contribution in [0.1, 0.15) is 11.4 Å². The lowest BCUT2D eigenvalue weighted by molar-refractivity contribution is 0.198. The first-order valence-corrected chi connectivity index (χ1v) is 6.96. The molecule has 0 aliphatic heterocycles. The summed E-state index contributed by atoms with van der Waals surface area (Å²) in [5, 5.41) is 8.71. The molecule has 0 radical (unpaired) electrons. The molecule has 0 aliphatic carbocycles. The Morgan fingerprint density at radius 3 is 2.95 bits per heavy atom. The third-order valence-corrected chi connectivity index (χ3v) is 3.38. The lowest BCUT2D eigenvalue weighted by Gasteiger charge is -2.09. The van der Waals surface area contributed by atoms with Gasteiger partial charge >= 0.3 is 0 Å². The average Bonchev–Trinajstić information content (AvgIpc) is 2.85. The zero-order chi connectivity index (χ0) is 14.4. The van der Waals surface area contributed by atoms with Crippen LogP contribution in [0, 0.1) is 0 Å². The highest BCUT2D eigenvalue weighted by Crippen LogP contribution is 2.21. The van der Waals surface area contributed by atoms with Gasteiger partial charge in [0.15, 0.2) is 0 Å². The van der Waals surface area contributed by atoms with Crippen molar-refractivity contribution in [3.05, 3.63) is 46.0 Å². The van der Waals surface area contributed by atoms with Gasteiger partial charge in [-0.1, -0.05) is 29.3 Å². The number of aromatic nitrogens is 3. The summed E-state index contributed by atoms with van der Waals surface area (Å²) in [4.78, 5) is 4.24. The van der Waals surface area contributed by atoms with Crippen LogP contribution in [0.5, 0.6) is 0 Å². The Labute approximate surface area is 127 Å². The highest BCUT2D eigenvalue weighted by molar-refractivity contribution is 6.35. The highest BCUT2D eigenvalue weighted by Gasteiger charge is 2.07. The van der Waals surface area contributed by atoms with E-state index in [1.165, 1.54) is 6.33 Å². The second-order valence-corrected chi connectivity index (χ2v) is 5.08. The van der Waals surface area contributed by atoms with E-state index in [0.29, 0.717) is 29.7 Å². The van der Waals surface area contributed by atoms with Crippen LogP contribution in [0.25, 0.3) is 0 Å². The van der Waals surface area contributed by atoms with E-state index in [1.807, 2.05) is 16.8 Å². The SMILES string of the molecule is COCCNCc1ncnn1Cc1ccc(Cl)cc1Cl. The molecule has 1 aromatic carbocycles. The summed E-state index contributed by atoms with van der Waals surface area (Å²) in [6.45, 7) is 2.63. The zero-order valence-corrected chi connectivity index (χ0v) is 12.7. The Kier molecular flexibility index (Phi) is 5.79. The molecule has 0 saturated carbocycles. The molecule has 0 saturated heterocycles. The summed E-state index contributed by atoms with van der Waals surface area (Å²) in [6.07, 6.45) is 1.54. The Morgan fingerprint density at radius 2 is 2.20 bits per heavy atom. The van der Waals surface area contributed by atoms with E-state index in [1.54, 1.807) is 13.2 Å². The number of ether oxygens (including phenoxy) is 1. The zero-order valence-electron chi connectivity index (χ0n) is 11.1. The molecule has 1 heterocycles. The van der Waals surface area contributed by atoms with Crippen molar-refractivity contribution in [1.82, 2.24) is 20.1 Å². The smallest absolute Gasteiger partial charge is 0.141 e. The minimum atomic E-state index is 0.567. The third kappa shape index (κ3) is 4.18. The number of nitrogens with zero attached hydrogens (tertiary/aromatic N) is 3. The van der Waals surface area contributed by atoms with Gasteiger partial charge in [-0.25, -0.2) is 9.67 Å². The molecular formula is C13H16Cl2N4O. The molecule has 5 nitrogen and oxygen atoms in total. The molecule has 108 valence electrons. The van der Waals surface area contributed by atoms with Crippen molar-refractivity contribution in [1.29, 1.82) is 0 Å². The fraction of sp³-hybridized carbons (Fsp3) is 0.385. The first-order valence-electron chi connectivity index (χ1n) is 6.21. The maximum absolute atomic E-state index is 6.17. The second-order valence-electron chi connectivity index (χ2n) is 4.24. The highest BCUT2D eigenvalue weighted by atomic mass is 35.5. The predicted molar refractivity (Wildman–Crippen MR) is 79.2 cm³/mol. The molecule has 0 aliphatic rings. The largest absolute Gasteiger partial charge is 0.383 e. The molecule has 0 spiro atoms. The van der Waals surface area contributed by atoms with E-state index in [9.17, 15) is 0 Å². The Bertz CT molecular complexity index is 559. The van der Waals surface area contributed by atoms with Gasteiger partial charge < -0.3 is 10.1 Å². The van der Waals surface area contributed by atoms with Gasteiger partial charge in [0.25, 0.3) is 0 Å². The van der Waals surface area contributed by atoms with Crippen molar-refractivity contribution in [2.45, 2.75) is 13.1 Å². The van der Waals surface area contributed by atoms with E-state index < -0.39 is 0 Å². The van der Waals surface area contributed by atoms with Crippen molar-refractivity contribution < 1.29 is 4.74 Å². The number of halogens is 2. The molecule has 2 rings (SSSR count). The van der Waals surface area contributed by atoms with Crippen molar-refractivity contribution in [3.63, 3.8) is 0 Å². The summed E-state index contributed by atoms with van der Waals surface area (Å²) < 4.78 is 6.79. The fourth-order valence-electron chi connectivity index (χ4n) is 1.74. The van der Waals surface area contributed by atoms with E-state index in [2.05, 4.69) is 15.4 Å². The quantitative estimate of drug-likeness (QED) is 0.797. The molecule has 0 fully saturated rings. The van der Waals surface area contributed by atoms with E-state index >= 15 is 0 Å². The average molecular weight is 315 g/mol. The minimum Gasteiger partial charge on any atom is -0.383 e. The molecule has 0 atom stereocenters. The van der Waals surface area contributed by atoms with Gasteiger partial charge in [0, 0.05) is 23.7 Å². The topological polar surface area (TPSA) is 52.0 Å². The first-order chi connectivity index (χ1) is 9.70. The maximum Gasteiger partial charge on any atom is 0.141 e. The van der Waals surface area contributed by atoms with Crippen LogP contribution in [0.15, 0.2) is 24.5 Å². The number of rotatable bonds is 7. The van der Waals surface area contributed by atoms with E-state index in [-0.39, 0.29) is 0 Å². The normalized spacial score (nSPS) is 10.9. The van der Waals surface area contributed by atoms with Crippen molar-refractivity contribution in [3.8, 4) is 0 Å². The van der Waals surface area contributed by atoms with Crippen LogP contribution in [0.4, 0.5) is 0 Å². The summed E-state index contributed by atoms with van der Waals surface area (Å²) >= 11 is 12.1. The van der Waals surface area contributed by atoms with Crippen molar-refractivity contribution in [2.75, 3.05) is 20.3 Å². The molecule has 20 heavy (non-hydrogen) atoms. The van der Waals surface area contributed by atoms with Gasteiger partial charge in [0.2, 0.25) is 0 Å². The van der Waals surface area contributed by atoms with Crippen molar-refractivity contribution >= 4 is 23.2 Å². The van der Waals surface area contributed by atoms with E-state index in [0.717, 1.165) is 17.9 Å². The van der Waals surface area contributed by atoms with Crippen LogP contribution in [0.3, 0.4) is 0 Å². The number of hydrogen-bond donors (Lipinski definition) is 1. The van der Waals surface area contributed by atoms with E-state index in [4.69, 9.17) is 27.9 Å². The van der Waals surface area contributed by atoms with Gasteiger partial charge in [0.1, 0.15) is 12.2 Å². The Morgan fingerprint density at radius 1 is 1.35 bits per heavy atom. The van der Waals surface area contributed by atoms with Gasteiger partial charge in [0.05, 0.1) is 19.7 Å². The predicted octanol–water partition coefficient (Wildman–Crippen LogP) is 2.37. The van der Waals surface area contributed by atoms with Gasteiger partial charge in [-0.15, -0.1) is 0 Å². The third-order valence-electron chi connectivity index (χ3n) is 2.80. The van der Waals surface area contributed by atoms with Crippen LogP contribution >= 0.6 is 23.2 Å². The lowest BCUT2D eigenvalue weighted by atomic mass is 10.2. The Hall–Kier alpha value is -1.14. The molecule has 7 heteroatoms. The van der Waals surface area contributed by atoms with Crippen LogP contribution in [0.2, 0.25) is 10.0 Å². The van der Waals surface area contributed by atoms with Crippen molar-refractivity contribution in [2.24, 2.45) is 0 Å². The number of benzene rings is 1. The summed E-state index contributed by atoms with van der Waals surface area (Å²) in [7, 11) is 1.67. The number of methoxy groups -OCH3 is 1. The monoisotopic (exact) mass is 314 g/mol.